The van der Waals surface area contributed by atoms with Crippen molar-refractivity contribution in [1.29, 1.82) is 0 Å². The molecule has 0 bridgehead atoms. The predicted molar refractivity (Wildman–Crippen MR) is 56.0 cm³/mol. The van der Waals surface area contributed by atoms with E-state index in [0.717, 1.165) is 24.6 Å². The molecule has 1 aliphatic heterocycles. The van der Waals surface area contributed by atoms with Gasteiger partial charge in [-0.15, -0.1) is 0 Å². The van der Waals surface area contributed by atoms with E-state index in [1.165, 1.54) is 19.3 Å². The topological polar surface area (TPSA) is 55.0 Å². The summed E-state index contributed by atoms with van der Waals surface area (Å²) in [4.78, 5) is 10.9. The summed E-state index contributed by atoms with van der Waals surface area (Å²) in [6.45, 7) is 2.67. The fourth-order valence-corrected chi connectivity index (χ4v) is 1.77. The Morgan fingerprint density at radius 1 is 1.21 bits per heavy atom. The average Bonchev–Trinajstić information content (AvgIpc) is 2.30. The zero-order valence-electron chi connectivity index (χ0n) is 8.32. The maximum atomic E-state index is 5.53. The number of hydrogen-bond donors (Lipinski definition) is 1. The zero-order valence-corrected chi connectivity index (χ0v) is 8.32. The van der Waals surface area contributed by atoms with Crippen molar-refractivity contribution < 1.29 is 0 Å². The van der Waals surface area contributed by atoms with Gasteiger partial charge in [0.2, 0.25) is 0 Å². The van der Waals surface area contributed by atoms with Gasteiger partial charge in [0.1, 0.15) is 5.82 Å². The third-order valence-corrected chi connectivity index (χ3v) is 2.56. The second-order valence-electron chi connectivity index (χ2n) is 3.62. The van der Waals surface area contributed by atoms with E-state index in [-0.39, 0.29) is 0 Å². The van der Waals surface area contributed by atoms with Crippen molar-refractivity contribution in [2.75, 3.05) is 18.0 Å². The van der Waals surface area contributed by atoms with Crippen molar-refractivity contribution in [3.8, 4) is 0 Å². The molecule has 1 aliphatic rings. The number of hydrogen-bond acceptors (Lipinski definition) is 4. The number of nitrogens with two attached hydrogens (primary N) is 1. The maximum Gasteiger partial charge on any atom is 0.147 e. The van der Waals surface area contributed by atoms with E-state index in [0.29, 0.717) is 6.54 Å². The summed E-state index contributed by atoms with van der Waals surface area (Å²) < 4.78 is 0. The highest BCUT2D eigenvalue weighted by Gasteiger charge is 2.12. The first-order valence-corrected chi connectivity index (χ1v) is 5.16. The van der Waals surface area contributed by atoms with E-state index in [4.69, 9.17) is 5.73 Å². The number of rotatable bonds is 2. The molecule has 1 saturated heterocycles. The summed E-state index contributed by atoms with van der Waals surface area (Å²) in [5.41, 5.74) is 6.40. The molecule has 1 aromatic heterocycles. The summed E-state index contributed by atoms with van der Waals surface area (Å²) in [5.74, 6) is 0.979. The van der Waals surface area contributed by atoms with Gasteiger partial charge in [0, 0.05) is 25.8 Å². The molecule has 0 amide bonds. The molecule has 14 heavy (non-hydrogen) atoms. The van der Waals surface area contributed by atoms with Crippen molar-refractivity contribution in [3.05, 3.63) is 18.1 Å². The lowest BCUT2D eigenvalue weighted by molar-refractivity contribution is 0.572. The van der Waals surface area contributed by atoms with Gasteiger partial charge in [-0.1, -0.05) is 0 Å². The normalized spacial score (nSPS) is 17.1. The minimum absolute atomic E-state index is 0.467. The number of nitrogens with zero attached hydrogens (tertiary/aromatic N) is 3. The molecule has 0 spiro atoms. The van der Waals surface area contributed by atoms with E-state index in [1.807, 2.05) is 6.20 Å². The third kappa shape index (κ3) is 2.01. The van der Waals surface area contributed by atoms with Crippen LogP contribution in [0, 0.1) is 0 Å². The highest BCUT2D eigenvalue weighted by Crippen LogP contribution is 2.16. The summed E-state index contributed by atoms with van der Waals surface area (Å²) in [6, 6.07) is 0. The molecule has 0 atom stereocenters. The summed E-state index contributed by atoms with van der Waals surface area (Å²) in [5, 5.41) is 0. The smallest absolute Gasteiger partial charge is 0.147 e. The molecule has 2 rings (SSSR count). The molecule has 0 radical (unpaired) electrons. The molecule has 4 heteroatoms. The molecule has 0 aliphatic carbocycles. The van der Waals surface area contributed by atoms with E-state index >= 15 is 0 Å². The van der Waals surface area contributed by atoms with Crippen molar-refractivity contribution in [2.24, 2.45) is 5.73 Å². The zero-order chi connectivity index (χ0) is 9.80. The van der Waals surface area contributed by atoms with Crippen LogP contribution in [0.25, 0.3) is 0 Å². The average molecular weight is 192 g/mol. The van der Waals surface area contributed by atoms with Gasteiger partial charge in [0.15, 0.2) is 0 Å². The van der Waals surface area contributed by atoms with Gasteiger partial charge in [-0.3, -0.25) is 4.98 Å². The highest BCUT2D eigenvalue weighted by molar-refractivity contribution is 5.36. The Morgan fingerprint density at radius 3 is 2.71 bits per heavy atom. The van der Waals surface area contributed by atoms with Crippen molar-refractivity contribution in [3.63, 3.8) is 0 Å². The van der Waals surface area contributed by atoms with E-state index in [9.17, 15) is 0 Å². The molecule has 0 aromatic carbocycles. The Bertz CT molecular complexity index is 294. The van der Waals surface area contributed by atoms with Gasteiger partial charge in [-0.2, -0.15) is 0 Å². The second-order valence-corrected chi connectivity index (χ2v) is 3.62. The molecule has 4 nitrogen and oxygen atoms in total. The molecule has 0 unspecified atom stereocenters. The molecular weight excluding hydrogens is 176 g/mol. The van der Waals surface area contributed by atoms with Gasteiger partial charge >= 0.3 is 0 Å². The summed E-state index contributed by atoms with van der Waals surface area (Å²) in [7, 11) is 0. The van der Waals surface area contributed by atoms with Crippen LogP contribution in [0.3, 0.4) is 0 Å². The van der Waals surface area contributed by atoms with E-state index in [2.05, 4.69) is 14.9 Å². The molecule has 0 saturated carbocycles. The predicted octanol–water partition coefficient (Wildman–Crippen LogP) is 0.926. The first kappa shape index (κ1) is 9.40. The lowest BCUT2D eigenvalue weighted by Gasteiger charge is -2.27. The van der Waals surface area contributed by atoms with Gasteiger partial charge in [-0.25, -0.2) is 4.98 Å². The fraction of sp³-hybridized carbons (Fsp3) is 0.600. The van der Waals surface area contributed by atoms with Crippen LogP contribution in [0.4, 0.5) is 5.82 Å². The fourth-order valence-electron chi connectivity index (χ4n) is 1.77. The van der Waals surface area contributed by atoms with Crippen LogP contribution in [0.1, 0.15) is 25.0 Å². The highest BCUT2D eigenvalue weighted by atomic mass is 15.2. The number of aromatic nitrogens is 2. The van der Waals surface area contributed by atoms with E-state index in [1.54, 1.807) is 6.20 Å². The van der Waals surface area contributed by atoms with E-state index < -0.39 is 0 Å². The van der Waals surface area contributed by atoms with Crippen LogP contribution in [-0.2, 0) is 6.54 Å². The lowest BCUT2D eigenvalue weighted by Crippen LogP contribution is -2.30. The first-order chi connectivity index (χ1) is 6.90. The standard InChI is InChI=1S/C10H16N4/c11-6-9-7-12-8-10(13-9)14-4-2-1-3-5-14/h7-8H,1-6,11H2. The monoisotopic (exact) mass is 192 g/mol. The van der Waals surface area contributed by atoms with Gasteiger partial charge in [-0.05, 0) is 19.3 Å². The largest absolute Gasteiger partial charge is 0.355 e. The van der Waals surface area contributed by atoms with Crippen LogP contribution in [-0.4, -0.2) is 23.1 Å². The molecule has 1 aromatic rings. The van der Waals surface area contributed by atoms with Gasteiger partial charge in [0.05, 0.1) is 11.9 Å². The number of piperidine rings is 1. The minimum Gasteiger partial charge on any atom is -0.355 e. The van der Waals surface area contributed by atoms with Crippen molar-refractivity contribution >= 4 is 5.82 Å². The SMILES string of the molecule is NCc1cncc(N2CCCCC2)n1. The summed E-state index contributed by atoms with van der Waals surface area (Å²) in [6.07, 6.45) is 7.40. The Morgan fingerprint density at radius 2 is 2.00 bits per heavy atom. The van der Waals surface area contributed by atoms with Crippen molar-refractivity contribution in [2.45, 2.75) is 25.8 Å². The lowest BCUT2D eigenvalue weighted by atomic mass is 10.1. The molecule has 2 heterocycles. The van der Waals surface area contributed by atoms with Gasteiger partial charge in [0.25, 0.3) is 0 Å². The van der Waals surface area contributed by atoms with Crippen molar-refractivity contribution in [1.82, 2.24) is 9.97 Å². The molecule has 76 valence electrons. The quantitative estimate of drug-likeness (QED) is 0.757. The van der Waals surface area contributed by atoms with Gasteiger partial charge < -0.3 is 10.6 Å². The minimum atomic E-state index is 0.467. The Balaban J connectivity index is 2.13. The van der Waals surface area contributed by atoms with Crippen LogP contribution in [0.2, 0.25) is 0 Å². The Kier molecular flexibility index (Phi) is 2.93. The van der Waals surface area contributed by atoms with Crippen LogP contribution >= 0.6 is 0 Å². The Labute approximate surface area is 84.2 Å². The molecular formula is C10H16N4. The second kappa shape index (κ2) is 4.37. The van der Waals surface area contributed by atoms with Crippen LogP contribution in [0.15, 0.2) is 12.4 Å². The first-order valence-electron chi connectivity index (χ1n) is 5.16. The third-order valence-electron chi connectivity index (χ3n) is 2.56. The van der Waals surface area contributed by atoms with Crippen LogP contribution < -0.4 is 10.6 Å². The maximum absolute atomic E-state index is 5.53. The Hall–Kier alpha value is -1.16. The summed E-state index contributed by atoms with van der Waals surface area (Å²) >= 11 is 0. The van der Waals surface area contributed by atoms with Crippen LogP contribution in [0.5, 0.6) is 0 Å². The number of anilines is 1. The molecule has 1 fully saturated rings. The molecule has 2 N–H and O–H groups in total.